The van der Waals surface area contributed by atoms with Crippen LogP contribution in [0.25, 0.3) is 0 Å². The van der Waals surface area contributed by atoms with E-state index in [0.717, 1.165) is 12.0 Å². The second-order valence-corrected chi connectivity index (χ2v) is 6.66. The van der Waals surface area contributed by atoms with E-state index in [-0.39, 0.29) is 17.1 Å². The fraction of sp³-hybridized carbons (Fsp3) is 0.529. The molecular weight excluding hydrogens is 250 g/mol. The molecule has 20 heavy (non-hydrogen) atoms. The second-order valence-electron chi connectivity index (χ2n) is 6.66. The van der Waals surface area contributed by atoms with Gasteiger partial charge in [-0.25, -0.2) is 0 Å². The van der Waals surface area contributed by atoms with Gasteiger partial charge in [0.25, 0.3) is 0 Å². The molecule has 1 amide bonds. The van der Waals surface area contributed by atoms with Crippen LogP contribution in [0.2, 0.25) is 0 Å². The molecule has 0 aromatic heterocycles. The molecule has 2 aliphatic rings. The second kappa shape index (κ2) is 4.44. The Balaban J connectivity index is 1.78. The fourth-order valence-electron chi connectivity index (χ4n) is 4.14. The Kier molecular flexibility index (Phi) is 2.96. The Bertz CT molecular complexity index is 549. The standard InChI is InChI=1S/C17H21NO2/c1-16(2)13-8-9-17(16,14(19)10-13)15(20)18-11-12-6-4-3-5-7-12/h3-7,13H,8-11H2,1-2H3,(H,18,20). The van der Waals surface area contributed by atoms with E-state index in [2.05, 4.69) is 19.2 Å². The molecule has 2 saturated carbocycles. The summed E-state index contributed by atoms with van der Waals surface area (Å²) in [6, 6.07) is 9.83. The molecule has 3 rings (SSSR count). The van der Waals surface area contributed by atoms with Crippen molar-refractivity contribution >= 4 is 11.7 Å². The van der Waals surface area contributed by atoms with Gasteiger partial charge < -0.3 is 5.32 Å². The number of hydrogen-bond donors (Lipinski definition) is 1. The lowest BCUT2D eigenvalue weighted by Gasteiger charge is -2.34. The molecule has 1 aromatic carbocycles. The zero-order valence-corrected chi connectivity index (χ0v) is 12.1. The molecule has 2 atom stereocenters. The van der Waals surface area contributed by atoms with Gasteiger partial charge in [0.05, 0.1) is 0 Å². The molecule has 2 unspecified atom stereocenters. The third-order valence-corrected chi connectivity index (χ3v) is 5.58. The van der Waals surface area contributed by atoms with Crippen molar-refractivity contribution in [3.63, 3.8) is 0 Å². The van der Waals surface area contributed by atoms with Gasteiger partial charge in [0.15, 0.2) is 0 Å². The largest absolute Gasteiger partial charge is 0.351 e. The topological polar surface area (TPSA) is 46.2 Å². The van der Waals surface area contributed by atoms with Crippen LogP contribution in [-0.4, -0.2) is 11.7 Å². The van der Waals surface area contributed by atoms with Gasteiger partial charge in [-0.15, -0.1) is 0 Å². The van der Waals surface area contributed by atoms with Gasteiger partial charge in [-0.3, -0.25) is 9.59 Å². The van der Waals surface area contributed by atoms with Crippen LogP contribution in [0, 0.1) is 16.7 Å². The first kappa shape index (κ1) is 13.3. The van der Waals surface area contributed by atoms with E-state index in [1.54, 1.807) is 0 Å². The minimum Gasteiger partial charge on any atom is -0.351 e. The molecule has 1 aromatic rings. The van der Waals surface area contributed by atoms with Crippen LogP contribution in [-0.2, 0) is 16.1 Å². The minimum absolute atomic E-state index is 0.0728. The van der Waals surface area contributed by atoms with Gasteiger partial charge in [0.2, 0.25) is 5.91 Å². The Morgan fingerprint density at radius 2 is 2.00 bits per heavy atom. The van der Waals surface area contributed by atoms with Gasteiger partial charge >= 0.3 is 0 Å². The third kappa shape index (κ3) is 1.65. The Labute approximate surface area is 119 Å². The summed E-state index contributed by atoms with van der Waals surface area (Å²) in [7, 11) is 0. The summed E-state index contributed by atoms with van der Waals surface area (Å²) in [4.78, 5) is 25.1. The number of carbonyl (C=O) groups excluding carboxylic acids is 2. The lowest BCUT2D eigenvalue weighted by Crippen LogP contribution is -2.49. The highest BCUT2D eigenvalue weighted by molar-refractivity contribution is 6.09. The van der Waals surface area contributed by atoms with Crippen molar-refractivity contribution in [2.45, 2.75) is 39.7 Å². The number of Topliss-reactive ketones (excluding diaryl/α,β-unsaturated/α-hetero) is 1. The Morgan fingerprint density at radius 3 is 2.55 bits per heavy atom. The molecule has 0 spiro atoms. The first-order valence-corrected chi connectivity index (χ1v) is 7.34. The molecule has 3 nitrogen and oxygen atoms in total. The zero-order chi connectivity index (χ0) is 14.4. The first-order chi connectivity index (χ1) is 9.48. The molecule has 2 fully saturated rings. The quantitative estimate of drug-likeness (QED) is 0.859. The molecule has 106 valence electrons. The summed E-state index contributed by atoms with van der Waals surface area (Å²) in [5.74, 6) is 0.443. The fourth-order valence-corrected chi connectivity index (χ4v) is 4.14. The van der Waals surface area contributed by atoms with E-state index in [1.807, 2.05) is 30.3 Å². The van der Waals surface area contributed by atoms with Crippen LogP contribution >= 0.6 is 0 Å². The first-order valence-electron chi connectivity index (χ1n) is 7.34. The summed E-state index contributed by atoms with van der Waals surface area (Å²) in [6.07, 6.45) is 2.29. The van der Waals surface area contributed by atoms with E-state index in [4.69, 9.17) is 0 Å². The number of fused-ring (bicyclic) bond motifs is 2. The summed E-state index contributed by atoms with van der Waals surface area (Å²) in [6.45, 7) is 4.66. The average Bonchev–Trinajstić information content (AvgIpc) is 2.81. The van der Waals surface area contributed by atoms with Crippen molar-refractivity contribution in [1.29, 1.82) is 0 Å². The van der Waals surface area contributed by atoms with Gasteiger partial charge in [0.1, 0.15) is 11.2 Å². The lowest BCUT2D eigenvalue weighted by atomic mass is 9.68. The van der Waals surface area contributed by atoms with E-state index in [9.17, 15) is 9.59 Å². The molecule has 1 N–H and O–H groups in total. The minimum atomic E-state index is -0.785. The number of amides is 1. The highest BCUT2D eigenvalue weighted by Crippen LogP contribution is 2.63. The maximum atomic E-state index is 12.7. The number of ketones is 1. The normalized spacial score (nSPS) is 30.5. The van der Waals surface area contributed by atoms with Crippen LogP contribution in [0.15, 0.2) is 30.3 Å². The van der Waals surface area contributed by atoms with Crippen LogP contribution in [0.3, 0.4) is 0 Å². The van der Waals surface area contributed by atoms with Crippen molar-refractivity contribution in [2.75, 3.05) is 0 Å². The highest BCUT2D eigenvalue weighted by atomic mass is 16.2. The lowest BCUT2D eigenvalue weighted by molar-refractivity contribution is -0.145. The Morgan fingerprint density at radius 1 is 1.30 bits per heavy atom. The van der Waals surface area contributed by atoms with Crippen molar-refractivity contribution in [1.82, 2.24) is 5.32 Å². The van der Waals surface area contributed by atoms with Gasteiger partial charge in [-0.05, 0) is 29.7 Å². The maximum Gasteiger partial charge on any atom is 0.234 e. The molecular formula is C17H21NO2. The molecule has 0 saturated heterocycles. The van der Waals surface area contributed by atoms with E-state index in [1.165, 1.54) is 0 Å². The van der Waals surface area contributed by atoms with Crippen molar-refractivity contribution < 1.29 is 9.59 Å². The zero-order valence-electron chi connectivity index (χ0n) is 12.1. The number of carbonyl (C=O) groups is 2. The van der Waals surface area contributed by atoms with E-state index < -0.39 is 5.41 Å². The molecule has 2 aliphatic carbocycles. The summed E-state index contributed by atoms with van der Waals surface area (Å²) in [5, 5.41) is 2.99. The predicted molar refractivity (Wildman–Crippen MR) is 76.9 cm³/mol. The molecule has 0 radical (unpaired) electrons. The van der Waals surface area contributed by atoms with Gasteiger partial charge in [0, 0.05) is 13.0 Å². The van der Waals surface area contributed by atoms with Gasteiger partial charge in [-0.1, -0.05) is 44.2 Å². The van der Waals surface area contributed by atoms with Crippen LogP contribution in [0.5, 0.6) is 0 Å². The average molecular weight is 271 g/mol. The molecule has 3 heteroatoms. The summed E-state index contributed by atoms with van der Waals surface area (Å²) < 4.78 is 0. The highest BCUT2D eigenvalue weighted by Gasteiger charge is 2.67. The van der Waals surface area contributed by atoms with E-state index >= 15 is 0 Å². The maximum absolute atomic E-state index is 12.7. The van der Waals surface area contributed by atoms with E-state index in [0.29, 0.717) is 25.3 Å². The molecule has 0 aliphatic heterocycles. The molecule has 2 bridgehead atoms. The van der Waals surface area contributed by atoms with Crippen molar-refractivity contribution in [3.8, 4) is 0 Å². The number of hydrogen-bond acceptors (Lipinski definition) is 2. The number of nitrogens with one attached hydrogen (secondary N) is 1. The van der Waals surface area contributed by atoms with Crippen LogP contribution in [0.4, 0.5) is 0 Å². The van der Waals surface area contributed by atoms with Crippen LogP contribution < -0.4 is 5.32 Å². The monoisotopic (exact) mass is 271 g/mol. The SMILES string of the molecule is CC1(C)C2CCC1(C(=O)NCc1ccccc1)C(=O)C2. The van der Waals surface area contributed by atoms with Gasteiger partial charge in [-0.2, -0.15) is 0 Å². The smallest absolute Gasteiger partial charge is 0.234 e. The van der Waals surface area contributed by atoms with Crippen molar-refractivity contribution in [3.05, 3.63) is 35.9 Å². The Hall–Kier alpha value is -1.64. The third-order valence-electron chi connectivity index (χ3n) is 5.58. The number of benzene rings is 1. The summed E-state index contributed by atoms with van der Waals surface area (Å²) >= 11 is 0. The van der Waals surface area contributed by atoms with Crippen LogP contribution in [0.1, 0.15) is 38.7 Å². The summed E-state index contributed by atoms with van der Waals surface area (Å²) in [5.41, 5.74) is 0.0761. The molecule has 0 heterocycles. The van der Waals surface area contributed by atoms with Crippen molar-refractivity contribution in [2.24, 2.45) is 16.7 Å². The predicted octanol–water partition coefficient (Wildman–Crippen LogP) is 2.70. The number of rotatable bonds is 3.